The summed E-state index contributed by atoms with van der Waals surface area (Å²) >= 11 is 0. The highest BCUT2D eigenvalue weighted by atomic mass is 16.5. The third-order valence-corrected chi connectivity index (χ3v) is 5.48. The maximum atomic E-state index is 9.99. The van der Waals surface area contributed by atoms with Crippen molar-refractivity contribution in [2.45, 2.75) is 32.1 Å². The van der Waals surface area contributed by atoms with Gasteiger partial charge in [-0.1, -0.05) is 24.3 Å². The first-order valence-electron chi connectivity index (χ1n) is 8.87. The number of hydrogen-bond acceptors (Lipinski definition) is 5. The Labute approximate surface area is 153 Å². The normalized spacial score (nSPS) is 26.5. The van der Waals surface area contributed by atoms with Gasteiger partial charge in [-0.15, -0.1) is 0 Å². The molecule has 0 aromatic heterocycles. The second-order valence-corrected chi connectivity index (χ2v) is 6.70. The van der Waals surface area contributed by atoms with Gasteiger partial charge in [-0.25, -0.2) is 0 Å². The Morgan fingerprint density at radius 2 is 1.96 bits per heavy atom. The van der Waals surface area contributed by atoms with Crippen molar-refractivity contribution >= 4 is 5.71 Å². The van der Waals surface area contributed by atoms with E-state index >= 15 is 0 Å². The van der Waals surface area contributed by atoms with Crippen molar-refractivity contribution in [1.29, 1.82) is 21.2 Å². The van der Waals surface area contributed by atoms with E-state index in [1.807, 2.05) is 37.3 Å². The van der Waals surface area contributed by atoms with E-state index in [0.29, 0.717) is 12.4 Å². The van der Waals surface area contributed by atoms with Crippen LogP contribution in [0.25, 0.3) is 0 Å². The predicted octanol–water partition coefficient (Wildman–Crippen LogP) is 4.10. The van der Waals surface area contributed by atoms with Gasteiger partial charge in [0.15, 0.2) is 5.41 Å². The molecule has 2 aliphatic rings. The van der Waals surface area contributed by atoms with Crippen molar-refractivity contribution in [2.24, 2.45) is 17.3 Å². The molecule has 130 valence electrons. The van der Waals surface area contributed by atoms with E-state index in [1.54, 1.807) is 0 Å². The molecule has 0 unspecified atom stereocenters. The molecule has 1 aromatic rings. The fourth-order valence-electron chi connectivity index (χ4n) is 4.38. The molecule has 5 nitrogen and oxygen atoms in total. The lowest BCUT2D eigenvalue weighted by Crippen LogP contribution is -2.48. The molecule has 0 saturated heterocycles. The van der Waals surface area contributed by atoms with Crippen molar-refractivity contribution in [3.63, 3.8) is 0 Å². The third-order valence-electron chi connectivity index (χ3n) is 5.48. The molecule has 3 atom stereocenters. The highest BCUT2D eigenvalue weighted by molar-refractivity contribution is 6.00. The minimum absolute atomic E-state index is 0.106. The average molecular weight is 344 g/mol. The maximum Gasteiger partial charge on any atom is 0.189 e. The smallest absolute Gasteiger partial charge is 0.189 e. The van der Waals surface area contributed by atoms with Gasteiger partial charge in [-0.05, 0) is 43.7 Å². The molecule has 0 aliphatic heterocycles. The molecule has 0 spiro atoms. The highest BCUT2D eigenvalue weighted by Gasteiger charge is 2.57. The molecular formula is C21H20N4O. The summed E-state index contributed by atoms with van der Waals surface area (Å²) in [5.41, 5.74) is -0.101. The summed E-state index contributed by atoms with van der Waals surface area (Å²) in [6, 6.07) is 13.8. The second-order valence-electron chi connectivity index (χ2n) is 6.70. The summed E-state index contributed by atoms with van der Waals surface area (Å²) in [5.74, 6) is -0.773. The minimum atomic E-state index is -1.66. The Hall–Kier alpha value is -3.10. The van der Waals surface area contributed by atoms with Crippen LogP contribution in [0.4, 0.5) is 0 Å². The van der Waals surface area contributed by atoms with Crippen LogP contribution in [0.3, 0.4) is 0 Å². The molecule has 3 rings (SSSR count). The third kappa shape index (κ3) is 2.47. The Balaban J connectivity index is 2.27. The van der Waals surface area contributed by atoms with Crippen LogP contribution in [-0.2, 0) is 0 Å². The number of para-hydroxylation sites is 1. The second kappa shape index (κ2) is 7.03. The van der Waals surface area contributed by atoms with Crippen LogP contribution in [-0.4, -0.2) is 12.3 Å². The molecule has 0 amide bonds. The summed E-state index contributed by atoms with van der Waals surface area (Å²) in [6.07, 6.45) is 4.64. The molecule has 5 heteroatoms. The van der Waals surface area contributed by atoms with Gasteiger partial charge < -0.3 is 10.1 Å². The number of nitriles is 3. The largest absolute Gasteiger partial charge is 0.494 e. The number of rotatable bonds is 3. The molecule has 0 heterocycles. The SMILES string of the molecule is CCOc1ccccc1[C@H]1[C@H]2CCCC=C2[C@@H](C#N)C(=N)C1(C#N)C#N. The lowest BCUT2D eigenvalue weighted by Gasteiger charge is -2.46. The summed E-state index contributed by atoms with van der Waals surface area (Å²) in [5, 5.41) is 38.2. The van der Waals surface area contributed by atoms with Gasteiger partial charge in [0, 0.05) is 11.5 Å². The van der Waals surface area contributed by atoms with Crippen molar-refractivity contribution < 1.29 is 4.74 Å². The number of benzene rings is 1. The quantitative estimate of drug-likeness (QED) is 0.833. The van der Waals surface area contributed by atoms with Crippen LogP contribution in [0.2, 0.25) is 0 Å². The molecule has 1 fully saturated rings. The summed E-state index contributed by atoms with van der Waals surface area (Å²) in [6.45, 7) is 2.36. The van der Waals surface area contributed by atoms with Gasteiger partial charge in [0.05, 0.1) is 30.5 Å². The lowest BCUT2D eigenvalue weighted by molar-refractivity contribution is 0.294. The molecule has 1 aromatic carbocycles. The van der Waals surface area contributed by atoms with Crippen LogP contribution in [0.5, 0.6) is 5.75 Å². The van der Waals surface area contributed by atoms with Crippen LogP contribution in [0.15, 0.2) is 35.9 Å². The number of allylic oxidation sites excluding steroid dienone is 2. The molecule has 1 N–H and O–H groups in total. The fourth-order valence-corrected chi connectivity index (χ4v) is 4.38. The zero-order valence-electron chi connectivity index (χ0n) is 14.7. The number of ether oxygens (including phenoxy) is 1. The van der Waals surface area contributed by atoms with Gasteiger partial charge in [-0.3, -0.25) is 0 Å². The highest BCUT2D eigenvalue weighted by Crippen LogP contribution is 2.56. The summed E-state index contributed by atoms with van der Waals surface area (Å²) < 4.78 is 5.77. The van der Waals surface area contributed by atoms with E-state index in [2.05, 4.69) is 18.2 Å². The zero-order valence-corrected chi connectivity index (χ0v) is 14.7. The zero-order chi connectivity index (χ0) is 18.7. The number of nitrogens with one attached hydrogen (secondary N) is 1. The van der Waals surface area contributed by atoms with Crippen LogP contribution in [0, 0.1) is 56.7 Å². The van der Waals surface area contributed by atoms with Gasteiger partial charge in [0.1, 0.15) is 11.7 Å². The number of hydrogen-bond donors (Lipinski definition) is 1. The van der Waals surface area contributed by atoms with Crippen LogP contribution >= 0.6 is 0 Å². The first-order chi connectivity index (χ1) is 12.6. The monoisotopic (exact) mass is 344 g/mol. The van der Waals surface area contributed by atoms with E-state index in [0.717, 1.165) is 30.4 Å². The van der Waals surface area contributed by atoms with Crippen LogP contribution in [0.1, 0.15) is 37.7 Å². The lowest BCUT2D eigenvalue weighted by atomic mass is 9.53. The summed E-state index contributed by atoms with van der Waals surface area (Å²) in [4.78, 5) is 0. The molecule has 2 aliphatic carbocycles. The molecular weight excluding hydrogens is 324 g/mol. The Morgan fingerprint density at radius 3 is 2.62 bits per heavy atom. The van der Waals surface area contributed by atoms with Crippen molar-refractivity contribution in [1.82, 2.24) is 0 Å². The van der Waals surface area contributed by atoms with E-state index in [9.17, 15) is 15.8 Å². The minimum Gasteiger partial charge on any atom is -0.494 e. The van der Waals surface area contributed by atoms with Crippen LogP contribution < -0.4 is 4.74 Å². The Kier molecular flexibility index (Phi) is 4.79. The van der Waals surface area contributed by atoms with Crippen molar-refractivity contribution in [3.8, 4) is 24.0 Å². The van der Waals surface area contributed by atoms with Gasteiger partial charge >= 0.3 is 0 Å². The molecule has 26 heavy (non-hydrogen) atoms. The van der Waals surface area contributed by atoms with Gasteiger partial charge in [0.25, 0.3) is 0 Å². The van der Waals surface area contributed by atoms with Gasteiger partial charge in [-0.2, -0.15) is 15.8 Å². The average Bonchev–Trinajstić information content (AvgIpc) is 2.68. The topological polar surface area (TPSA) is 104 Å². The van der Waals surface area contributed by atoms with E-state index in [-0.39, 0.29) is 11.6 Å². The van der Waals surface area contributed by atoms with Crippen molar-refractivity contribution in [2.75, 3.05) is 6.61 Å². The van der Waals surface area contributed by atoms with E-state index < -0.39 is 17.3 Å². The predicted molar refractivity (Wildman–Crippen MR) is 96.3 cm³/mol. The molecule has 0 bridgehead atoms. The Bertz CT molecular complexity index is 866. The first-order valence-corrected chi connectivity index (χ1v) is 8.87. The van der Waals surface area contributed by atoms with E-state index in [1.165, 1.54) is 0 Å². The Morgan fingerprint density at radius 1 is 1.23 bits per heavy atom. The van der Waals surface area contributed by atoms with Gasteiger partial charge in [0.2, 0.25) is 0 Å². The van der Waals surface area contributed by atoms with E-state index in [4.69, 9.17) is 10.1 Å². The summed E-state index contributed by atoms with van der Waals surface area (Å²) in [7, 11) is 0. The number of nitrogens with zero attached hydrogens (tertiary/aromatic N) is 3. The standard InChI is InChI=1S/C21H20N4O/c1-2-26-18-10-6-5-9-16(18)19-15-8-4-3-7-14(15)17(11-22)20(25)21(19,12-23)13-24/h5-7,9-10,15,17,19,25H,2-4,8H2,1H3/t15-,17+,19+/m0/s1. The van der Waals surface area contributed by atoms with Crippen molar-refractivity contribution in [3.05, 3.63) is 41.5 Å². The maximum absolute atomic E-state index is 9.99. The fraction of sp³-hybridized carbons (Fsp3) is 0.429. The molecule has 1 saturated carbocycles. The molecule has 0 radical (unpaired) electrons. The first kappa shape index (κ1) is 17.7. The number of fused-ring (bicyclic) bond motifs is 1.